The fourth-order valence-corrected chi connectivity index (χ4v) is 11.0. The normalized spacial score (nSPS) is 35.2. The maximum Gasteiger partial charge on any atom is 0.338 e. The minimum Gasteiger partial charge on any atom is -0.456 e. The molecule has 4 N–H and O–H groups in total. The van der Waals surface area contributed by atoms with Gasteiger partial charge in [-0.05, 0) is 54.0 Å². The van der Waals surface area contributed by atoms with E-state index >= 15 is 0 Å². The van der Waals surface area contributed by atoms with E-state index in [0.29, 0.717) is 16.7 Å². The van der Waals surface area contributed by atoms with E-state index in [1.807, 2.05) is 6.92 Å². The average Bonchev–Trinajstić information content (AvgIpc) is 3.25. The van der Waals surface area contributed by atoms with Crippen molar-refractivity contribution in [3.8, 4) is 0 Å². The zero-order chi connectivity index (χ0) is 44.4. The molecule has 14 heteroatoms. The van der Waals surface area contributed by atoms with E-state index in [2.05, 4.69) is 11.9 Å². The predicted octanol–water partition coefficient (Wildman–Crippen LogP) is 4.53. The van der Waals surface area contributed by atoms with Crippen LogP contribution < -0.4 is 5.32 Å². The van der Waals surface area contributed by atoms with Gasteiger partial charge in [-0.2, -0.15) is 0 Å². The van der Waals surface area contributed by atoms with Gasteiger partial charge in [-0.25, -0.2) is 9.59 Å². The predicted molar refractivity (Wildman–Crippen MR) is 221 cm³/mol. The lowest BCUT2D eigenvalue weighted by Crippen LogP contribution is -2.83. The van der Waals surface area contributed by atoms with Crippen LogP contribution in [0.1, 0.15) is 79.8 Å². The second-order valence-electron chi connectivity index (χ2n) is 17.8. The number of hydrogen-bond donors (Lipinski definition) is 4. The zero-order valence-electron chi connectivity index (χ0n) is 35.3. The second kappa shape index (κ2) is 16.2. The van der Waals surface area contributed by atoms with Crippen molar-refractivity contribution in [1.29, 1.82) is 0 Å². The fraction of sp³-hybridized carbons (Fsp3) is 0.458. The highest BCUT2D eigenvalue weighted by molar-refractivity contribution is 5.95. The number of rotatable bonds is 10. The van der Waals surface area contributed by atoms with E-state index in [4.69, 9.17) is 28.4 Å². The van der Waals surface area contributed by atoms with Gasteiger partial charge in [0.2, 0.25) is 0 Å². The van der Waals surface area contributed by atoms with Crippen molar-refractivity contribution in [2.24, 2.45) is 16.7 Å². The van der Waals surface area contributed by atoms with E-state index in [1.54, 1.807) is 112 Å². The third-order valence-electron chi connectivity index (χ3n) is 14.1. The molecule has 0 aromatic heterocycles. The van der Waals surface area contributed by atoms with Gasteiger partial charge in [0.1, 0.15) is 30.0 Å². The van der Waals surface area contributed by atoms with Crippen molar-refractivity contribution in [3.63, 3.8) is 0 Å². The number of aliphatic hydroxyl groups excluding tert-OH is 2. The number of carbonyl (C=O) groups is 4. The number of esters is 3. The first-order chi connectivity index (χ1) is 29.5. The van der Waals surface area contributed by atoms with Gasteiger partial charge in [0, 0.05) is 36.2 Å². The van der Waals surface area contributed by atoms with E-state index in [0.717, 1.165) is 0 Å². The molecule has 2 saturated heterocycles. The summed E-state index contributed by atoms with van der Waals surface area (Å²) in [5, 5.41) is 41.2. The monoisotopic (exact) mass is 851 g/mol. The first kappa shape index (κ1) is 43.4. The first-order valence-electron chi connectivity index (χ1n) is 20.9. The van der Waals surface area contributed by atoms with Crippen molar-refractivity contribution < 1.29 is 62.9 Å². The molecule has 4 fully saturated rings. The van der Waals surface area contributed by atoms with Crippen molar-refractivity contribution >= 4 is 23.8 Å². The van der Waals surface area contributed by atoms with Gasteiger partial charge < -0.3 is 49.1 Å². The average molecular weight is 852 g/mol. The molecular weight excluding hydrogens is 799 g/mol. The molecule has 2 saturated carbocycles. The standard InChI is InChI=1S/C48H53NO13/c1-7-34-59-32-23-33-47(25-57-33,62-27(3)50)39-41(61-43(54)30-21-15-10-16-22-30)48(56)24-31(26(2)35(45(48,4)5)37(51)40(60-34)46(32,39)6)58-44(55)38(52)36(28-17-11-8-12-18-28)49-42(53)29-19-13-9-14-20-29/h7-22,31-34,36-41,51-52,56H,1,23-25H2,2-6H3,(H,49,53)/t31-,32-,33?,34?,36-,37-,38+,39?,40-,41?,46+,47-,48+/m0/s1. The van der Waals surface area contributed by atoms with E-state index < -0.39 is 113 Å². The molecule has 5 aliphatic rings. The number of hydrogen-bond acceptors (Lipinski definition) is 13. The van der Waals surface area contributed by atoms with Gasteiger partial charge in [-0.1, -0.05) is 94.1 Å². The van der Waals surface area contributed by atoms with Crippen molar-refractivity contribution in [2.75, 3.05) is 6.61 Å². The minimum atomic E-state index is -2.20. The van der Waals surface area contributed by atoms with Crippen LogP contribution in [0.3, 0.4) is 0 Å². The van der Waals surface area contributed by atoms with Gasteiger partial charge in [-0.3, -0.25) is 9.59 Å². The Bertz CT molecular complexity index is 2250. The Morgan fingerprint density at radius 1 is 0.887 bits per heavy atom. The highest BCUT2D eigenvalue weighted by atomic mass is 16.7. The largest absolute Gasteiger partial charge is 0.456 e. The molecule has 0 spiro atoms. The summed E-state index contributed by atoms with van der Waals surface area (Å²) in [4.78, 5) is 55.3. The molecule has 328 valence electrons. The number of benzene rings is 3. The number of aliphatic hydroxyl groups is 3. The van der Waals surface area contributed by atoms with Gasteiger partial charge >= 0.3 is 17.9 Å². The van der Waals surface area contributed by atoms with Crippen LogP contribution in [0.2, 0.25) is 0 Å². The van der Waals surface area contributed by atoms with Crippen molar-refractivity contribution in [3.05, 3.63) is 131 Å². The van der Waals surface area contributed by atoms with Crippen LogP contribution in [-0.2, 0) is 38.0 Å². The van der Waals surface area contributed by atoms with Gasteiger partial charge in [0.15, 0.2) is 18.0 Å². The molecule has 13 atom stereocenters. The summed E-state index contributed by atoms with van der Waals surface area (Å²) < 4.78 is 38.2. The molecule has 3 aliphatic carbocycles. The summed E-state index contributed by atoms with van der Waals surface area (Å²) in [6.07, 6.45) is -8.81. The van der Waals surface area contributed by atoms with Crippen LogP contribution in [0.4, 0.5) is 0 Å². The summed E-state index contributed by atoms with van der Waals surface area (Å²) in [5.74, 6) is -4.28. The Kier molecular flexibility index (Phi) is 11.3. The molecule has 14 nitrogen and oxygen atoms in total. The first-order valence-corrected chi connectivity index (χ1v) is 20.9. The highest BCUT2D eigenvalue weighted by Gasteiger charge is 2.79. The molecule has 2 heterocycles. The summed E-state index contributed by atoms with van der Waals surface area (Å²) in [7, 11) is 0. The second-order valence-corrected chi connectivity index (χ2v) is 17.8. The van der Waals surface area contributed by atoms with Crippen LogP contribution in [0.5, 0.6) is 0 Å². The van der Waals surface area contributed by atoms with Crippen LogP contribution >= 0.6 is 0 Å². The lowest BCUT2D eigenvalue weighted by molar-refractivity contribution is -0.405. The molecule has 1 amide bonds. The molecule has 8 rings (SSSR count). The Morgan fingerprint density at radius 2 is 1.50 bits per heavy atom. The molecule has 3 aromatic rings. The van der Waals surface area contributed by atoms with E-state index in [-0.39, 0.29) is 24.2 Å². The van der Waals surface area contributed by atoms with Crippen molar-refractivity contribution in [1.82, 2.24) is 5.32 Å². The van der Waals surface area contributed by atoms with Crippen LogP contribution in [0, 0.1) is 16.7 Å². The topological polar surface area (TPSA) is 196 Å². The van der Waals surface area contributed by atoms with E-state index in [1.165, 1.54) is 13.0 Å². The summed E-state index contributed by atoms with van der Waals surface area (Å²) in [6.45, 7) is 11.9. The Morgan fingerprint density at radius 3 is 2.08 bits per heavy atom. The summed E-state index contributed by atoms with van der Waals surface area (Å²) >= 11 is 0. The highest BCUT2D eigenvalue weighted by Crippen LogP contribution is 2.67. The number of fused-ring (bicyclic) bond motifs is 4. The number of ether oxygens (including phenoxy) is 6. The zero-order valence-corrected chi connectivity index (χ0v) is 35.3. The van der Waals surface area contributed by atoms with Gasteiger partial charge in [0.25, 0.3) is 5.91 Å². The maximum atomic E-state index is 14.4. The Balaban J connectivity index is 1.26. The number of carbonyl (C=O) groups excluding carboxylic acids is 4. The van der Waals surface area contributed by atoms with Gasteiger partial charge in [0.05, 0.1) is 36.3 Å². The maximum absolute atomic E-state index is 14.4. The number of nitrogens with one attached hydrogen (secondary N) is 1. The molecule has 2 aliphatic heterocycles. The SMILES string of the molecule is C=CC1O[C@H]2CC3OC[C@@]3(OC(C)=O)C3C(OC(=O)c4ccccc4)[C@]4(O)C[C@H](OC(=O)[C@H](O)[C@@H](NC(=O)c5ccccc5)c5ccccc5)C(C)=C([C@H](O)[C@H](O1)[C@@]32C)C4(C)C. The van der Waals surface area contributed by atoms with Crippen LogP contribution in [0.25, 0.3) is 0 Å². The Hall–Kier alpha value is -5.22. The third kappa shape index (κ3) is 6.88. The third-order valence-corrected chi connectivity index (χ3v) is 14.1. The Labute approximate surface area is 359 Å². The van der Waals surface area contributed by atoms with Crippen LogP contribution in [-0.4, -0.2) is 106 Å². The lowest BCUT2D eigenvalue weighted by atomic mass is 9.44. The molecule has 4 unspecified atom stereocenters. The number of amides is 1. The minimum absolute atomic E-state index is 0.129. The molecule has 0 radical (unpaired) electrons. The summed E-state index contributed by atoms with van der Waals surface area (Å²) in [6, 6.07) is 23.7. The summed E-state index contributed by atoms with van der Waals surface area (Å²) in [5.41, 5.74) is -5.01. The lowest BCUT2D eigenvalue weighted by Gasteiger charge is -2.71. The molecule has 62 heavy (non-hydrogen) atoms. The smallest absolute Gasteiger partial charge is 0.338 e. The van der Waals surface area contributed by atoms with E-state index in [9.17, 15) is 34.5 Å². The quantitative estimate of drug-likeness (QED) is 0.126. The molecule has 2 bridgehead atoms. The van der Waals surface area contributed by atoms with Gasteiger partial charge in [-0.15, -0.1) is 0 Å². The molecular formula is C48H53NO13. The molecule has 3 aromatic carbocycles. The van der Waals surface area contributed by atoms with Crippen LogP contribution in [0.15, 0.2) is 115 Å². The fourth-order valence-electron chi connectivity index (χ4n) is 11.0. The van der Waals surface area contributed by atoms with Crippen molar-refractivity contribution in [2.45, 2.75) is 114 Å².